The number of carbonyl (C=O) groups excluding carboxylic acids is 2. The molecule has 0 saturated carbocycles. The minimum Gasteiger partial charge on any atom is -0.480 e. The van der Waals surface area contributed by atoms with E-state index in [1.54, 1.807) is 24.4 Å². The molecule has 4 heterocycles. The normalized spacial score (nSPS) is 14.9. The number of hydrogen-bond donors (Lipinski definition) is 0. The van der Waals surface area contributed by atoms with Gasteiger partial charge in [-0.15, -0.1) is 0 Å². The van der Waals surface area contributed by atoms with Crippen LogP contribution in [-0.2, 0) is 16.4 Å². The number of methoxy groups -OCH3 is 1. The minimum absolute atomic E-state index is 0.204. The summed E-state index contributed by atoms with van der Waals surface area (Å²) in [5, 5.41) is 1.94. The van der Waals surface area contributed by atoms with Crippen molar-refractivity contribution in [3.05, 3.63) is 93.3 Å². The van der Waals surface area contributed by atoms with Gasteiger partial charge in [-0.2, -0.15) is 0 Å². The summed E-state index contributed by atoms with van der Waals surface area (Å²) in [6.07, 6.45) is 4.97. The average molecular weight is 679 g/mol. The molecule has 8 nitrogen and oxygen atoms in total. The summed E-state index contributed by atoms with van der Waals surface area (Å²) in [4.78, 5) is 30.4. The number of aryl methyl sites for hydroxylation is 1. The maximum Gasteiger partial charge on any atom is 0.494 e. The van der Waals surface area contributed by atoms with E-state index in [4.69, 9.17) is 48.8 Å². The van der Waals surface area contributed by atoms with Crippen LogP contribution >= 0.6 is 34.8 Å². The molecule has 1 aliphatic rings. The van der Waals surface area contributed by atoms with Crippen LogP contribution in [0.15, 0.2) is 67.0 Å². The van der Waals surface area contributed by atoms with E-state index in [-0.39, 0.29) is 29.4 Å². The van der Waals surface area contributed by atoms with Crippen molar-refractivity contribution in [3.8, 4) is 28.3 Å². The molecule has 1 aliphatic heterocycles. The Hall–Kier alpha value is -3.73. The van der Waals surface area contributed by atoms with Gasteiger partial charge in [0, 0.05) is 52.6 Å². The van der Waals surface area contributed by atoms with Crippen LogP contribution in [0.25, 0.3) is 33.3 Å². The van der Waals surface area contributed by atoms with E-state index in [1.807, 2.05) is 81.9 Å². The third-order valence-corrected chi connectivity index (χ3v) is 9.49. The van der Waals surface area contributed by atoms with Gasteiger partial charge in [0.25, 0.3) is 0 Å². The molecule has 0 aliphatic carbocycles. The van der Waals surface area contributed by atoms with E-state index < -0.39 is 0 Å². The number of rotatable bonds is 6. The van der Waals surface area contributed by atoms with Gasteiger partial charge in [-0.1, -0.05) is 65.1 Å². The zero-order chi connectivity index (χ0) is 33.4. The van der Waals surface area contributed by atoms with Crippen molar-refractivity contribution >= 4 is 70.9 Å². The molecular formula is C34H31BCl3N3O5. The average Bonchev–Trinajstić information content (AvgIpc) is 3.48. The topological polar surface area (TPSA) is 92.5 Å². The first kappa shape index (κ1) is 33.6. The van der Waals surface area contributed by atoms with Crippen molar-refractivity contribution < 1.29 is 23.6 Å². The molecule has 1 fully saturated rings. The van der Waals surface area contributed by atoms with Crippen molar-refractivity contribution in [2.24, 2.45) is 7.05 Å². The monoisotopic (exact) mass is 677 g/mol. The molecule has 6 rings (SSSR count). The van der Waals surface area contributed by atoms with Crippen LogP contribution in [-0.4, -0.2) is 52.5 Å². The fraction of sp³-hybridized carbons (Fsp3) is 0.235. The molecule has 1 saturated heterocycles. The fourth-order valence-corrected chi connectivity index (χ4v) is 5.77. The Balaban J connectivity index is 0.000000184. The number of nitrogens with zero attached hydrogens (tertiary/aromatic N) is 3. The number of aromatic nitrogens is 3. The standard InChI is InChI=1S/C18H11Cl3N2O2.C16H20BNO3/c1-25-18-10(9-24)5-6-14(23-18)13-4-2-3-11(15(13)19)12-7-8-22-17(21)16(12)20;1-15(2)16(3,4)21-17(20-15)12-6-7-13-11(10-19)9-18(5)14(13)8-12/h2-9H,1H3;6-10H,1-5H3. The summed E-state index contributed by atoms with van der Waals surface area (Å²) in [5.74, 6) is 0.235. The fourth-order valence-electron chi connectivity index (χ4n) is 5.07. The molecule has 0 spiro atoms. The highest BCUT2D eigenvalue weighted by molar-refractivity contribution is 6.62. The van der Waals surface area contributed by atoms with Gasteiger partial charge in [0.1, 0.15) is 5.15 Å². The van der Waals surface area contributed by atoms with Gasteiger partial charge in [-0.3, -0.25) is 9.59 Å². The van der Waals surface area contributed by atoms with Crippen LogP contribution in [0.3, 0.4) is 0 Å². The van der Waals surface area contributed by atoms with Gasteiger partial charge in [-0.25, -0.2) is 9.97 Å². The highest BCUT2D eigenvalue weighted by atomic mass is 35.5. The predicted molar refractivity (Wildman–Crippen MR) is 184 cm³/mol. The van der Waals surface area contributed by atoms with Gasteiger partial charge in [-0.05, 0) is 57.4 Å². The molecule has 0 N–H and O–H groups in total. The number of pyridine rings is 2. The maximum atomic E-state index is 11.1. The summed E-state index contributed by atoms with van der Waals surface area (Å²) >= 11 is 18.9. The Bertz CT molecular complexity index is 1940. The number of benzene rings is 2. The molecule has 12 heteroatoms. The number of aldehydes is 2. The van der Waals surface area contributed by atoms with E-state index in [1.165, 1.54) is 7.11 Å². The molecule has 0 atom stereocenters. The van der Waals surface area contributed by atoms with Crippen molar-refractivity contribution in [2.45, 2.75) is 38.9 Å². The van der Waals surface area contributed by atoms with Crippen LogP contribution in [0.4, 0.5) is 0 Å². The largest absolute Gasteiger partial charge is 0.494 e. The zero-order valence-electron chi connectivity index (χ0n) is 26.1. The van der Waals surface area contributed by atoms with Crippen LogP contribution < -0.4 is 10.2 Å². The lowest BCUT2D eigenvalue weighted by Crippen LogP contribution is -2.41. The van der Waals surface area contributed by atoms with E-state index in [0.717, 1.165) is 22.7 Å². The van der Waals surface area contributed by atoms with E-state index >= 15 is 0 Å². The molecule has 0 amide bonds. The second-order valence-corrected chi connectivity index (χ2v) is 12.8. The lowest BCUT2D eigenvalue weighted by Gasteiger charge is -2.32. The van der Waals surface area contributed by atoms with Crippen LogP contribution in [0.5, 0.6) is 5.88 Å². The van der Waals surface area contributed by atoms with E-state index in [2.05, 4.69) is 9.97 Å². The Kier molecular flexibility index (Phi) is 9.64. The van der Waals surface area contributed by atoms with Crippen molar-refractivity contribution in [3.63, 3.8) is 0 Å². The van der Waals surface area contributed by atoms with Crippen molar-refractivity contribution in [2.75, 3.05) is 7.11 Å². The summed E-state index contributed by atoms with van der Waals surface area (Å²) in [5.41, 5.74) is 4.96. The van der Waals surface area contributed by atoms with Gasteiger partial charge in [0.15, 0.2) is 12.6 Å². The van der Waals surface area contributed by atoms with Crippen LogP contribution in [0.1, 0.15) is 48.4 Å². The lowest BCUT2D eigenvalue weighted by atomic mass is 9.79. The zero-order valence-corrected chi connectivity index (χ0v) is 28.4. The molecule has 5 aromatic rings. The molecule has 0 unspecified atom stereocenters. The van der Waals surface area contributed by atoms with Gasteiger partial charge < -0.3 is 18.6 Å². The third kappa shape index (κ3) is 6.30. The van der Waals surface area contributed by atoms with Crippen LogP contribution in [0.2, 0.25) is 15.2 Å². The van der Waals surface area contributed by atoms with Gasteiger partial charge >= 0.3 is 7.12 Å². The predicted octanol–water partition coefficient (Wildman–Crippen LogP) is 7.88. The minimum atomic E-state index is -0.381. The summed E-state index contributed by atoms with van der Waals surface area (Å²) in [6.45, 7) is 8.16. The Labute approximate surface area is 282 Å². The number of ether oxygens (including phenoxy) is 1. The molecule has 0 bridgehead atoms. The summed E-state index contributed by atoms with van der Waals surface area (Å²) in [6, 6.07) is 16.5. The quantitative estimate of drug-likeness (QED) is 0.103. The van der Waals surface area contributed by atoms with Crippen LogP contribution in [0, 0.1) is 0 Å². The SMILES string of the molecule is COc1nc(-c2cccc(-c3ccnc(Cl)c3Cl)c2Cl)ccc1C=O.Cn1cc(C=O)c2ccc(B3OC(C)(C)C(C)(C)O3)cc21. The Morgan fingerprint density at radius 2 is 1.50 bits per heavy atom. The second-order valence-electron chi connectivity index (χ2n) is 11.7. The maximum absolute atomic E-state index is 11.1. The summed E-state index contributed by atoms with van der Waals surface area (Å²) < 4.78 is 19.2. The van der Waals surface area contributed by atoms with Gasteiger partial charge in [0.2, 0.25) is 5.88 Å². The first-order chi connectivity index (χ1) is 21.8. The number of carbonyl (C=O) groups is 2. The van der Waals surface area contributed by atoms with Crippen molar-refractivity contribution in [1.29, 1.82) is 0 Å². The number of fused-ring (bicyclic) bond motifs is 1. The number of halogens is 3. The highest BCUT2D eigenvalue weighted by Crippen LogP contribution is 2.40. The molecular weight excluding hydrogens is 648 g/mol. The Morgan fingerprint density at radius 1 is 0.848 bits per heavy atom. The highest BCUT2D eigenvalue weighted by Gasteiger charge is 2.51. The smallest absolute Gasteiger partial charge is 0.480 e. The molecule has 3 aromatic heterocycles. The molecule has 2 aromatic carbocycles. The van der Waals surface area contributed by atoms with E-state index in [0.29, 0.717) is 49.8 Å². The molecule has 46 heavy (non-hydrogen) atoms. The Morgan fingerprint density at radius 3 is 2.15 bits per heavy atom. The lowest BCUT2D eigenvalue weighted by molar-refractivity contribution is 0.00578. The summed E-state index contributed by atoms with van der Waals surface area (Å²) in [7, 11) is 3.01. The molecule has 0 radical (unpaired) electrons. The molecule has 236 valence electrons. The first-order valence-corrected chi connectivity index (χ1v) is 15.4. The van der Waals surface area contributed by atoms with Crippen molar-refractivity contribution in [1.82, 2.24) is 14.5 Å². The number of hydrogen-bond acceptors (Lipinski definition) is 7. The van der Waals surface area contributed by atoms with E-state index in [9.17, 15) is 9.59 Å². The van der Waals surface area contributed by atoms with Gasteiger partial charge in [0.05, 0.1) is 39.6 Å². The first-order valence-electron chi connectivity index (χ1n) is 14.3. The third-order valence-electron chi connectivity index (χ3n) is 8.32. The second kappa shape index (κ2) is 13.2.